The van der Waals surface area contributed by atoms with Gasteiger partial charge in [0.25, 0.3) is 0 Å². The zero-order chi connectivity index (χ0) is 21.7. The van der Waals surface area contributed by atoms with Crippen molar-refractivity contribution >= 4 is 45.6 Å². The van der Waals surface area contributed by atoms with Crippen LogP contribution < -0.4 is 4.72 Å². The molecule has 0 aliphatic rings. The van der Waals surface area contributed by atoms with Crippen molar-refractivity contribution in [3.8, 4) is 16.9 Å². The van der Waals surface area contributed by atoms with Gasteiger partial charge in [0.2, 0.25) is 0 Å². The Kier molecular flexibility index (Phi) is 7.49. The van der Waals surface area contributed by atoms with Crippen LogP contribution in [-0.2, 0) is 20.5 Å². The number of carbonyl (C=O) groups is 1. The molecule has 2 N–H and O–H groups in total. The van der Waals surface area contributed by atoms with Crippen LogP contribution in [0.2, 0.25) is 4.34 Å². The summed E-state index contributed by atoms with van der Waals surface area (Å²) in [6.45, 7) is 1.94. The van der Waals surface area contributed by atoms with Crippen molar-refractivity contribution in [2.24, 2.45) is 0 Å². The van der Waals surface area contributed by atoms with Crippen molar-refractivity contribution in [3.63, 3.8) is 0 Å². The van der Waals surface area contributed by atoms with E-state index < -0.39 is 23.1 Å². The number of rotatable bonds is 8. The third-order valence-electron chi connectivity index (χ3n) is 4.07. The van der Waals surface area contributed by atoms with Crippen LogP contribution >= 0.6 is 22.9 Å². The number of carbonyl (C=O) groups excluding carboxylic acids is 1. The van der Waals surface area contributed by atoms with Crippen LogP contribution in [0, 0.1) is 0 Å². The van der Waals surface area contributed by atoms with E-state index in [1.165, 1.54) is 30.6 Å². The lowest BCUT2D eigenvalue weighted by Crippen LogP contribution is -2.19. The maximum absolute atomic E-state index is 12.7. The summed E-state index contributed by atoms with van der Waals surface area (Å²) in [5.74, 6) is -0.942. The van der Waals surface area contributed by atoms with Crippen LogP contribution in [0.3, 0.4) is 0 Å². The number of hydrogen-bond donors (Lipinski definition) is 2. The normalized spacial score (nSPS) is 12.9. The molecule has 1 aromatic heterocycles. The lowest BCUT2D eigenvalue weighted by Gasteiger charge is -2.13. The molecule has 3 rings (SSSR count). The maximum Gasteiger partial charge on any atom is 0.342 e. The molecule has 0 radical (unpaired) electrons. The van der Waals surface area contributed by atoms with Gasteiger partial charge in [0.15, 0.2) is 11.0 Å². The Bertz CT molecular complexity index is 1050. The standard InChI is InChI=1S/C21H20ClNO5S2/c1-13(12-27-2)28-21(25)16-9-8-15(10-18(16)24)23-30(26)19-11-17(20(22)29-19)14-6-4-3-5-7-14/h3-11,13,23-24H,12H2,1-2H3. The first-order valence-electron chi connectivity index (χ1n) is 8.95. The fourth-order valence-electron chi connectivity index (χ4n) is 2.69. The largest absolute Gasteiger partial charge is 0.507 e. The lowest BCUT2D eigenvalue weighted by molar-refractivity contribution is 0.0118. The van der Waals surface area contributed by atoms with Gasteiger partial charge in [-0.2, -0.15) is 0 Å². The molecule has 0 saturated carbocycles. The van der Waals surface area contributed by atoms with E-state index in [-0.39, 0.29) is 17.9 Å². The smallest absolute Gasteiger partial charge is 0.342 e. The molecular formula is C21H20ClNO5S2. The molecule has 0 spiro atoms. The molecular weight excluding hydrogens is 446 g/mol. The molecule has 9 heteroatoms. The van der Waals surface area contributed by atoms with Crippen LogP contribution in [0.1, 0.15) is 17.3 Å². The topological polar surface area (TPSA) is 84.9 Å². The van der Waals surface area contributed by atoms with Crippen molar-refractivity contribution in [2.45, 2.75) is 17.2 Å². The molecule has 158 valence electrons. The number of phenolic OH excluding ortho intramolecular Hbond substituents is 1. The van der Waals surface area contributed by atoms with E-state index in [2.05, 4.69) is 4.72 Å². The van der Waals surface area contributed by atoms with Crippen LogP contribution in [0.25, 0.3) is 11.1 Å². The Labute approximate surface area is 186 Å². The second kappa shape index (κ2) is 10.1. The van der Waals surface area contributed by atoms with Crippen LogP contribution in [-0.4, -0.2) is 35.1 Å². The van der Waals surface area contributed by atoms with E-state index >= 15 is 0 Å². The van der Waals surface area contributed by atoms with Gasteiger partial charge in [-0.25, -0.2) is 9.00 Å². The van der Waals surface area contributed by atoms with Crippen molar-refractivity contribution in [3.05, 3.63) is 64.5 Å². The molecule has 2 aromatic carbocycles. The minimum atomic E-state index is -1.59. The molecule has 0 fully saturated rings. The Balaban J connectivity index is 1.72. The Hall–Kier alpha value is -2.39. The van der Waals surface area contributed by atoms with E-state index in [0.717, 1.165) is 11.1 Å². The number of aromatic hydroxyl groups is 1. The highest BCUT2D eigenvalue weighted by molar-refractivity contribution is 7.88. The van der Waals surface area contributed by atoms with Gasteiger partial charge in [0.05, 0.1) is 12.3 Å². The van der Waals surface area contributed by atoms with Crippen LogP contribution in [0.4, 0.5) is 5.69 Å². The van der Waals surface area contributed by atoms with Gasteiger partial charge in [-0.15, -0.1) is 11.3 Å². The Morgan fingerprint density at radius 3 is 2.63 bits per heavy atom. The number of hydrogen-bond acceptors (Lipinski definition) is 6. The maximum atomic E-state index is 12.7. The SMILES string of the molecule is COCC(C)OC(=O)c1ccc(NS(=O)c2cc(-c3ccccc3)c(Cl)s2)cc1O. The van der Waals surface area contributed by atoms with Crippen molar-refractivity contribution in [1.29, 1.82) is 0 Å². The molecule has 6 nitrogen and oxygen atoms in total. The highest BCUT2D eigenvalue weighted by atomic mass is 35.5. The molecule has 30 heavy (non-hydrogen) atoms. The van der Waals surface area contributed by atoms with Crippen molar-refractivity contribution in [1.82, 2.24) is 0 Å². The molecule has 0 bridgehead atoms. The average molecular weight is 466 g/mol. The predicted octanol–water partition coefficient (Wildman–Crippen LogP) is 5.10. The first kappa shape index (κ1) is 22.3. The fourth-order valence-corrected chi connectivity index (χ4v) is 5.23. The second-order valence-corrected chi connectivity index (χ2v) is 9.49. The fraction of sp³-hybridized carbons (Fsp3) is 0.190. The van der Waals surface area contributed by atoms with E-state index in [1.54, 1.807) is 19.1 Å². The number of esters is 1. The van der Waals surface area contributed by atoms with Gasteiger partial charge in [-0.05, 0) is 30.7 Å². The Morgan fingerprint density at radius 1 is 1.23 bits per heavy atom. The predicted molar refractivity (Wildman–Crippen MR) is 120 cm³/mol. The summed E-state index contributed by atoms with van der Waals surface area (Å²) in [6, 6.07) is 15.6. The number of anilines is 1. The molecule has 0 aliphatic heterocycles. The van der Waals surface area contributed by atoms with E-state index in [1.807, 2.05) is 30.3 Å². The summed E-state index contributed by atoms with van der Waals surface area (Å²) in [5.41, 5.74) is 2.14. The summed E-state index contributed by atoms with van der Waals surface area (Å²) in [7, 11) is -0.0888. The van der Waals surface area contributed by atoms with E-state index in [0.29, 0.717) is 14.2 Å². The quantitative estimate of drug-likeness (QED) is 0.452. The lowest BCUT2D eigenvalue weighted by atomic mass is 10.1. The summed E-state index contributed by atoms with van der Waals surface area (Å²) >= 11 is 7.54. The van der Waals surface area contributed by atoms with Gasteiger partial charge >= 0.3 is 5.97 Å². The number of ether oxygens (including phenoxy) is 2. The number of methoxy groups -OCH3 is 1. The third kappa shape index (κ3) is 5.40. The zero-order valence-corrected chi connectivity index (χ0v) is 18.6. The average Bonchev–Trinajstić information content (AvgIpc) is 3.10. The zero-order valence-electron chi connectivity index (χ0n) is 16.3. The van der Waals surface area contributed by atoms with Crippen LogP contribution in [0.5, 0.6) is 5.75 Å². The Morgan fingerprint density at radius 2 is 1.97 bits per heavy atom. The molecule has 3 aromatic rings. The number of thiophene rings is 1. The highest BCUT2D eigenvalue weighted by Crippen LogP contribution is 2.37. The number of halogens is 1. The van der Waals surface area contributed by atoms with Crippen molar-refractivity contribution in [2.75, 3.05) is 18.4 Å². The molecule has 2 unspecified atom stereocenters. The van der Waals surface area contributed by atoms with Gasteiger partial charge in [-0.3, -0.25) is 0 Å². The van der Waals surface area contributed by atoms with E-state index in [4.69, 9.17) is 21.1 Å². The van der Waals surface area contributed by atoms with Gasteiger partial charge in [0, 0.05) is 18.7 Å². The van der Waals surface area contributed by atoms with Crippen LogP contribution in [0.15, 0.2) is 58.8 Å². The second-order valence-electron chi connectivity index (χ2n) is 6.39. The monoisotopic (exact) mass is 465 g/mol. The van der Waals surface area contributed by atoms with Gasteiger partial charge in [0.1, 0.15) is 26.0 Å². The number of phenols is 1. The van der Waals surface area contributed by atoms with E-state index in [9.17, 15) is 14.1 Å². The molecule has 2 atom stereocenters. The van der Waals surface area contributed by atoms with Gasteiger partial charge in [-0.1, -0.05) is 41.9 Å². The minimum absolute atomic E-state index is 0.0137. The molecule has 0 aliphatic carbocycles. The molecule has 0 saturated heterocycles. The van der Waals surface area contributed by atoms with Crippen molar-refractivity contribution < 1.29 is 23.6 Å². The summed E-state index contributed by atoms with van der Waals surface area (Å²) in [5, 5.41) is 10.2. The van der Waals surface area contributed by atoms with Gasteiger partial charge < -0.3 is 19.3 Å². The number of benzene rings is 2. The summed E-state index contributed by atoms with van der Waals surface area (Å²) < 4.78 is 26.7. The molecule has 1 heterocycles. The number of nitrogens with one attached hydrogen (secondary N) is 1. The highest BCUT2D eigenvalue weighted by Gasteiger charge is 2.18. The molecule has 0 amide bonds. The first-order valence-corrected chi connectivity index (χ1v) is 11.3. The summed E-state index contributed by atoms with van der Waals surface area (Å²) in [4.78, 5) is 12.1. The summed E-state index contributed by atoms with van der Waals surface area (Å²) in [6.07, 6.45) is -0.449. The first-order chi connectivity index (χ1) is 14.4. The minimum Gasteiger partial charge on any atom is -0.507 e. The third-order valence-corrected chi connectivity index (χ3v) is 6.83.